The Kier molecular flexibility index (Phi) is 2.02. The molecule has 2 aromatic rings. The molecule has 4 heteroatoms. The quantitative estimate of drug-likeness (QED) is 0.636. The summed E-state index contributed by atoms with van der Waals surface area (Å²) in [5.41, 5.74) is 0. The highest BCUT2D eigenvalue weighted by molar-refractivity contribution is 7.81. The first-order chi connectivity index (χ1) is 5.70. The molecule has 2 rings (SSSR count). The highest BCUT2D eigenvalue weighted by Gasteiger charge is 2.07. The van der Waals surface area contributed by atoms with Gasteiger partial charge in [-0.1, -0.05) is 11.6 Å². The molecule has 0 N–H and O–H groups in total. The molecule has 62 valence electrons. The van der Waals surface area contributed by atoms with E-state index in [2.05, 4.69) is 12.6 Å². The summed E-state index contributed by atoms with van der Waals surface area (Å²) in [6.07, 6.45) is 0. The molecule has 0 spiro atoms. The first kappa shape index (κ1) is 8.35. The number of thiophene rings is 1. The van der Waals surface area contributed by atoms with Crippen LogP contribution in [0.4, 0.5) is 4.39 Å². The number of fused-ring (bicyclic) bond motifs is 1. The van der Waals surface area contributed by atoms with E-state index in [0.717, 1.165) is 4.70 Å². The van der Waals surface area contributed by atoms with E-state index in [1.165, 1.54) is 16.7 Å². The molecule has 0 saturated carbocycles. The standard InChI is InChI=1S/C8H4ClFS2/c9-5-2-1-4-6(10)3-12-8(4)7(5)11/h1-3,11H. The second-order valence-corrected chi connectivity index (χ2v) is 4.09. The maximum Gasteiger partial charge on any atom is 0.141 e. The van der Waals surface area contributed by atoms with Gasteiger partial charge in [0.25, 0.3) is 0 Å². The molecular weight excluding hydrogens is 215 g/mol. The molecular formula is C8H4ClFS2. The predicted molar refractivity (Wildman–Crippen MR) is 54.0 cm³/mol. The normalized spacial score (nSPS) is 10.9. The molecule has 0 aliphatic carbocycles. The minimum atomic E-state index is -0.207. The third kappa shape index (κ3) is 1.13. The Balaban J connectivity index is 2.93. The van der Waals surface area contributed by atoms with Crippen LogP contribution in [0.2, 0.25) is 5.02 Å². The summed E-state index contributed by atoms with van der Waals surface area (Å²) in [5.74, 6) is -0.207. The number of hydrogen-bond acceptors (Lipinski definition) is 2. The third-order valence-electron chi connectivity index (χ3n) is 1.62. The van der Waals surface area contributed by atoms with E-state index in [4.69, 9.17) is 11.6 Å². The van der Waals surface area contributed by atoms with Crippen LogP contribution < -0.4 is 0 Å². The lowest BCUT2D eigenvalue weighted by Crippen LogP contribution is -1.72. The average Bonchev–Trinajstić information content (AvgIpc) is 2.41. The van der Waals surface area contributed by atoms with Gasteiger partial charge in [-0.15, -0.1) is 24.0 Å². The molecule has 12 heavy (non-hydrogen) atoms. The first-order valence-electron chi connectivity index (χ1n) is 3.24. The van der Waals surface area contributed by atoms with Crippen molar-refractivity contribution in [1.29, 1.82) is 0 Å². The van der Waals surface area contributed by atoms with Gasteiger partial charge in [0.2, 0.25) is 0 Å². The van der Waals surface area contributed by atoms with Crippen molar-refractivity contribution in [2.24, 2.45) is 0 Å². The lowest BCUT2D eigenvalue weighted by atomic mass is 10.2. The fraction of sp³-hybridized carbons (Fsp3) is 0. The van der Waals surface area contributed by atoms with Crippen molar-refractivity contribution in [3.8, 4) is 0 Å². The van der Waals surface area contributed by atoms with Crippen molar-refractivity contribution >= 4 is 45.7 Å². The predicted octanol–water partition coefficient (Wildman–Crippen LogP) is 3.98. The highest BCUT2D eigenvalue weighted by Crippen LogP contribution is 2.34. The maximum absolute atomic E-state index is 13.0. The Morgan fingerprint density at radius 2 is 2.17 bits per heavy atom. The molecule has 0 aliphatic rings. The summed E-state index contributed by atoms with van der Waals surface area (Å²) in [4.78, 5) is 0.656. The van der Waals surface area contributed by atoms with E-state index in [1.807, 2.05) is 0 Å². The lowest BCUT2D eigenvalue weighted by Gasteiger charge is -1.96. The fourth-order valence-corrected chi connectivity index (χ4v) is 2.46. The van der Waals surface area contributed by atoms with Crippen LogP contribution in [-0.4, -0.2) is 0 Å². The average molecular weight is 219 g/mol. The summed E-state index contributed by atoms with van der Waals surface area (Å²) in [7, 11) is 0. The van der Waals surface area contributed by atoms with Crippen LogP contribution in [0.15, 0.2) is 22.4 Å². The summed E-state index contributed by atoms with van der Waals surface area (Å²) in [6, 6.07) is 3.32. The zero-order valence-electron chi connectivity index (χ0n) is 5.84. The van der Waals surface area contributed by atoms with Gasteiger partial charge in [0.15, 0.2) is 0 Å². The molecule has 0 unspecified atom stereocenters. The van der Waals surface area contributed by atoms with Crippen LogP contribution in [0.5, 0.6) is 0 Å². The number of benzene rings is 1. The molecule has 0 aliphatic heterocycles. The smallest absolute Gasteiger partial charge is 0.141 e. The Labute approximate surface area is 83.4 Å². The van der Waals surface area contributed by atoms with Gasteiger partial charge >= 0.3 is 0 Å². The van der Waals surface area contributed by atoms with Gasteiger partial charge in [0.05, 0.1) is 9.72 Å². The fourth-order valence-electron chi connectivity index (χ4n) is 1.03. The molecule has 0 fully saturated rings. The van der Waals surface area contributed by atoms with Crippen molar-refractivity contribution < 1.29 is 4.39 Å². The van der Waals surface area contributed by atoms with E-state index in [1.54, 1.807) is 12.1 Å². The van der Waals surface area contributed by atoms with E-state index in [-0.39, 0.29) is 5.82 Å². The third-order valence-corrected chi connectivity index (χ3v) is 3.67. The van der Waals surface area contributed by atoms with Crippen LogP contribution in [0, 0.1) is 5.82 Å². The molecule has 0 atom stereocenters. The zero-order valence-corrected chi connectivity index (χ0v) is 8.31. The Bertz CT molecular complexity index is 436. The summed E-state index contributed by atoms with van der Waals surface area (Å²) < 4.78 is 13.8. The van der Waals surface area contributed by atoms with Gasteiger partial charge in [-0.05, 0) is 12.1 Å². The Morgan fingerprint density at radius 1 is 1.42 bits per heavy atom. The van der Waals surface area contributed by atoms with E-state index in [9.17, 15) is 4.39 Å². The minimum Gasteiger partial charge on any atom is -0.205 e. The second-order valence-electron chi connectivity index (χ2n) is 2.36. The zero-order chi connectivity index (χ0) is 8.72. The Morgan fingerprint density at radius 3 is 2.92 bits per heavy atom. The lowest BCUT2D eigenvalue weighted by molar-refractivity contribution is 0.644. The molecule has 0 radical (unpaired) electrons. The topological polar surface area (TPSA) is 0 Å². The number of rotatable bonds is 0. The number of thiol groups is 1. The molecule has 0 nitrogen and oxygen atoms in total. The summed E-state index contributed by atoms with van der Waals surface area (Å²) in [5, 5.41) is 2.61. The van der Waals surface area contributed by atoms with E-state index < -0.39 is 0 Å². The van der Waals surface area contributed by atoms with Gasteiger partial charge in [-0.3, -0.25) is 0 Å². The molecule has 1 aromatic heterocycles. The van der Waals surface area contributed by atoms with Crippen LogP contribution in [-0.2, 0) is 0 Å². The summed E-state index contributed by atoms with van der Waals surface area (Å²) >= 11 is 11.3. The number of halogens is 2. The second kappa shape index (κ2) is 2.91. The van der Waals surface area contributed by atoms with Crippen molar-refractivity contribution in [2.75, 3.05) is 0 Å². The molecule has 1 heterocycles. The monoisotopic (exact) mass is 218 g/mol. The summed E-state index contributed by atoms with van der Waals surface area (Å²) in [6.45, 7) is 0. The Hall–Kier alpha value is -0.250. The van der Waals surface area contributed by atoms with Crippen LogP contribution in [0.1, 0.15) is 0 Å². The first-order valence-corrected chi connectivity index (χ1v) is 4.95. The van der Waals surface area contributed by atoms with Gasteiger partial charge in [-0.25, -0.2) is 4.39 Å². The van der Waals surface area contributed by atoms with Crippen molar-refractivity contribution in [3.05, 3.63) is 28.4 Å². The van der Waals surface area contributed by atoms with Crippen LogP contribution in [0.25, 0.3) is 10.1 Å². The molecule has 0 bridgehead atoms. The molecule has 1 aromatic carbocycles. The van der Waals surface area contributed by atoms with Gasteiger partial charge < -0.3 is 0 Å². The van der Waals surface area contributed by atoms with Crippen molar-refractivity contribution in [1.82, 2.24) is 0 Å². The van der Waals surface area contributed by atoms with E-state index >= 15 is 0 Å². The van der Waals surface area contributed by atoms with Crippen LogP contribution >= 0.6 is 35.6 Å². The highest BCUT2D eigenvalue weighted by atomic mass is 35.5. The maximum atomic E-state index is 13.0. The van der Waals surface area contributed by atoms with Gasteiger partial charge in [-0.2, -0.15) is 0 Å². The van der Waals surface area contributed by atoms with E-state index in [0.29, 0.717) is 15.3 Å². The van der Waals surface area contributed by atoms with Crippen molar-refractivity contribution in [2.45, 2.75) is 4.90 Å². The van der Waals surface area contributed by atoms with Gasteiger partial charge in [0, 0.05) is 15.7 Å². The van der Waals surface area contributed by atoms with Gasteiger partial charge in [0.1, 0.15) is 5.82 Å². The van der Waals surface area contributed by atoms with Crippen LogP contribution in [0.3, 0.4) is 0 Å². The molecule has 0 saturated heterocycles. The number of hydrogen-bond donors (Lipinski definition) is 1. The molecule has 0 amide bonds. The minimum absolute atomic E-state index is 0.207. The largest absolute Gasteiger partial charge is 0.205 e. The SMILES string of the molecule is Fc1csc2c(S)c(Cl)ccc12. The van der Waals surface area contributed by atoms with Crippen molar-refractivity contribution in [3.63, 3.8) is 0 Å².